The lowest BCUT2D eigenvalue weighted by atomic mass is 10.3. The molecule has 1 aromatic rings. The van der Waals surface area contributed by atoms with Crippen molar-refractivity contribution in [1.29, 1.82) is 0 Å². The van der Waals surface area contributed by atoms with Crippen molar-refractivity contribution in [3.05, 3.63) is 11.9 Å². The Balaban J connectivity index is 1.97. The number of aromatic nitrogens is 2. The Morgan fingerprint density at radius 2 is 2.06 bits per heavy atom. The van der Waals surface area contributed by atoms with Crippen LogP contribution in [0.25, 0.3) is 0 Å². The molecule has 0 radical (unpaired) electrons. The summed E-state index contributed by atoms with van der Waals surface area (Å²) in [6.07, 6.45) is 4.32. The van der Waals surface area contributed by atoms with Gasteiger partial charge in [0.05, 0.1) is 0 Å². The van der Waals surface area contributed by atoms with E-state index in [4.69, 9.17) is 0 Å². The number of likely N-dealkylation sites (N-methyl/N-ethyl adjacent to an activating group) is 1. The van der Waals surface area contributed by atoms with Gasteiger partial charge in [0.15, 0.2) is 0 Å². The van der Waals surface area contributed by atoms with Crippen molar-refractivity contribution in [1.82, 2.24) is 14.9 Å². The topological polar surface area (TPSA) is 44.3 Å². The summed E-state index contributed by atoms with van der Waals surface area (Å²) in [6, 6.07) is 0. The van der Waals surface area contributed by atoms with Gasteiger partial charge in [0.25, 0.3) is 0 Å². The lowest BCUT2D eigenvalue weighted by molar-refractivity contribution is 0.346. The van der Waals surface area contributed by atoms with Crippen LogP contribution in [0.1, 0.15) is 18.4 Å². The Morgan fingerprint density at radius 3 is 2.72 bits per heavy atom. The quantitative estimate of drug-likeness (QED) is 0.853. The van der Waals surface area contributed by atoms with Crippen LogP contribution in [0.2, 0.25) is 0 Å². The Hall–Kier alpha value is -1.36. The maximum absolute atomic E-state index is 4.39. The molecule has 0 bridgehead atoms. The monoisotopic (exact) mass is 249 g/mol. The molecular weight excluding hydrogens is 226 g/mol. The largest absolute Gasteiger partial charge is 0.373 e. The standard InChI is InChI=1S/C13H23N5/c1-11-12(14-2)15-10-16-13(11)17(3)8-9-18-6-4-5-7-18/h10H,4-9H2,1-3H3,(H,14,15,16). The van der Waals surface area contributed by atoms with E-state index in [1.807, 2.05) is 7.05 Å². The molecule has 18 heavy (non-hydrogen) atoms. The van der Waals surface area contributed by atoms with Crippen LogP contribution >= 0.6 is 0 Å². The summed E-state index contributed by atoms with van der Waals surface area (Å²) in [4.78, 5) is 13.3. The molecule has 1 N–H and O–H groups in total. The van der Waals surface area contributed by atoms with Gasteiger partial charge in [-0.3, -0.25) is 0 Å². The molecule has 2 heterocycles. The van der Waals surface area contributed by atoms with Gasteiger partial charge in [-0.15, -0.1) is 0 Å². The van der Waals surface area contributed by atoms with Gasteiger partial charge in [-0.05, 0) is 32.9 Å². The second-order valence-electron chi connectivity index (χ2n) is 4.89. The highest BCUT2D eigenvalue weighted by Crippen LogP contribution is 2.20. The normalized spacial score (nSPS) is 15.9. The molecule has 0 unspecified atom stereocenters. The summed E-state index contributed by atoms with van der Waals surface area (Å²) in [5, 5.41) is 3.10. The molecule has 100 valence electrons. The number of rotatable bonds is 5. The lowest BCUT2D eigenvalue weighted by Gasteiger charge is -2.24. The second kappa shape index (κ2) is 6.00. The molecule has 5 nitrogen and oxygen atoms in total. The third kappa shape index (κ3) is 2.90. The first-order valence-electron chi connectivity index (χ1n) is 6.65. The van der Waals surface area contributed by atoms with Crippen molar-refractivity contribution in [2.45, 2.75) is 19.8 Å². The Labute approximate surface area is 109 Å². The molecule has 5 heteroatoms. The van der Waals surface area contributed by atoms with Crippen LogP contribution in [0.15, 0.2) is 6.33 Å². The van der Waals surface area contributed by atoms with Crippen molar-refractivity contribution in [2.24, 2.45) is 0 Å². The van der Waals surface area contributed by atoms with Gasteiger partial charge >= 0.3 is 0 Å². The van der Waals surface area contributed by atoms with E-state index in [1.165, 1.54) is 25.9 Å². The minimum atomic E-state index is 0.910. The number of anilines is 2. The minimum absolute atomic E-state index is 0.910. The average molecular weight is 249 g/mol. The van der Waals surface area contributed by atoms with E-state index in [-0.39, 0.29) is 0 Å². The van der Waals surface area contributed by atoms with E-state index in [2.05, 4.69) is 39.1 Å². The fraction of sp³-hybridized carbons (Fsp3) is 0.692. The van der Waals surface area contributed by atoms with Gasteiger partial charge in [-0.1, -0.05) is 0 Å². The number of nitrogens with one attached hydrogen (secondary N) is 1. The van der Waals surface area contributed by atoms with Crippen molar-refractivity contribution < 1.29 is 0 Å². The zero-order chi connectivity index (χ0) is 13.0. The van der Waals surface area contributed by atoms with Crippen LogP contribution in [-0.4, -0.2) is 55.1 Å². The first-order chi connectivity index (χ1) is 8.72. The zero-order valence-electron chi connectivity index (χ0n) is 11.6. The minimum Gasteiger partial charge on any atom is -0.373 e. The maximum atomic E-state index is 4.39. The highest BCUT2D eigenvalue weighted by molar-refractivity contribution is 5.57. The molecule has 1 aliphatic heterocycles. The summed E-state index contributed by atoms with van der Waals surface area (Å²) in [7, 11) is 3.99. The molecular formula is C13H23N5. The molecule has 0 aromatic carbocycles. The van der Waals surface area contributed by atoms with Crippen LogP contribution in [0.3, 0.4) is 0 Å². The van der Waals surface area contributed by atoms with E-state index < -0.39 is 0 Å². The molecule has 1 aromatic heterocycles. The highest BCUT2D eigenvalue weighted by Gasteiger charge is 2.14. The molecule has 1 saturated heterocycles. The van der Waals surface area contributed by atoms with Gasteiger partial charge in [0.2, 0.25) is 0 Å². The van der Waals surface area contributed by atoms with Crippen LogP contribution < -0.4 is 10.2 Å². The zero-order valence-corrected chi connectivity index (χ0v) is 11.6. The lowest BCUT2D eigenvalue weighted by Crippen LogP contribution is -2.32. The predicted molar refractivity (Wildman–Crippen MR) is 75.3 cm³/mol. The van der Waals surface area contributed by atoms with Crippen LogP contribution in [0.4, 0.5) is 11.6 Å². The molecule has 1 aliphatic rings. The number of hydrogen-bond acceptors (Lipinski definition) is 5. The maximum Gasteiger partial charge on any atom is 0.136 e. The third-order valence-electron chi connectivity index (χ3n) is 3.61. The Morgan fingerprint density at radius 1 is 1.33 bits per heavy atom. The predicted octanol–water partition coefficient (Wildman–Crippen LogP) is 1.36. The summed E-state index contributed by atoms with van der Waals surface area (Å²) in [5.74, 6) is 1.93. The fourth-order valence-electron chi connectivity index (χ4n) is 2.48. The van der Waals surface area contributed by atoms with Gasteiger partial charge in [-0.2, -0.15) is 0 Å². The van der Waals surface area contributed by atoms with Crippen LogP contribution in [0, 0.1) is 6.92 Å². The van der Waals surface area contributed by atoms with Crippen LogP contribution in [-0.2, 0) is 0 Å². The molecule has 0 saturated carbocycles. The summed E-state index contributed by atoms with van der Waals surface area (Å²) >= 11 is 0. The molecule has 0 atom stereocenters. The summed E-state index contributed by atoms with van der Waals surface area (Å²) in [6.45, 7) is 6.69. The molecule has 2 rings (SSSR count). The smallest absolute Gasteiger partial charge is 0.136 e. The summed E-state index contributed by atoms with van der Waals surface area (Å²) in [5.41, 5.74) is 1.11. The van der Waals surface area contributed by atoms with Gasteiger partial charge < -0.3 is 15.1 Å². The van der Waals surface area contributed by atoms with Gasteiger partial charge in [0.1, 0.15) is 18.0 Å². The molecule has 1 fully saturated rings. The van der Waals surface area contributed by atoms with Crippen molar-refractivity contribution in [3.63, 3.8) is 0 Å². The van der Waals surface area contributed by atoms with Crippen molar-refractivity contribution in [2.75, 3.05) is 50.5 Å². The van der Waals surface area contributed by atoms with E-state index in [0.717, 1.165) is 30.3 Å². The summed E-state index contributed by atoms with van der Waals surface area (Å²) < 4.78 is 0. The average Bonchev–Trinajstić information content (AvgIpc) is 2.89. The van der Waals surface area contributed by atoms with Crippen LogP contribution in [0.5, 0.6) is 0 Å². The molecule has 0 amide bonds. The first kappa shape index (κ1) is 13.1. The Bertz CT molecular complexity index is 387. The van der Waals surface area contributed by atoms with Crippen molar-refractivity contribution in [3.8, 4) is 0 Å². The number of nitrogens with zero attached hydrogens (tertiary/aromatic N) is 4. The third-order valence-corrected chi connectivity index (χ3v) is 3.61. The van der Waals surface area contributed by atoms with Crippen molar-refractivity contribution >= 4 is 11.6 Å². The van der Waals surface area contributed by atoms with Gasteiger partial charge in [0, 0.05) is 32.7 Å². The van der Waals surface area contributed by atoms with Gasteiger partial charge in [-0.25, -0.2) is 9.97 Å². The molecule has 0 spiro atoms. The van der Waals surface area contributed by atoms with E-state index in [0.29, 0.717) is 0 Å². The molecule has 0 aliphatic carbocycles. The van der Waals surface area contributed by atoms with E-state index >= 15 is 0 Å². The highest BCUT2D eigenvalue weighted by atomic mass is 15.2. The SMILES string of the molecule is CNc1ncnc(N(C)CCN2CCCC2)c1C. The second-order valence-corrected chi connectivity index (χ2v) is 4.89. The van der Waals surface area contributed by atoms with E-state index in [9.17, 15) is 0 Å². The fourth-order valence-corrected chi connectivity index (χ4v) is 2.48. The van der Waals surface area contributed by atoms with E-state index in [1.54, 1.807) is 6.33 Å². The number of hydrogen-bond donors (Lipinski definition) is 1. The number of likely N-dealkylation sites (tertiary alicyclic amines) is 1. The first-order valence-corrected chi connectivity index (χ1v) is 6.65. The Kier molecular flexibility index (Phi) is 4.36.